The van der Waals surface area contributed by atoms with Gasteiger partial charge in [-0.2, -0.15) is 0 Å². The molecule has 2 unspecified atom stereocenters. The quantitative estimate of drug-likeness (QED) is 0.802. The van der Waals surface area contributed by atoms with Gasteiger partial charge in [-0.3, -0.25) is 4.90 Å². The average molecular weight is 341 g/mol. The SMILES string of the molecule is CCCNCC1CCN(C)C1c1ccc(OC)c(Br)c1. The molecule has 0 saturated carbocycles. The molecular formula is C16H25BrN2O. The molecule has 4 heteroatoms. The molecule has 0 bridgehead atoms. The van der Waals surface area contributed by atoms with Crippen molar-refractivity contribution in [2.24, 2.45) is 5.92 Å². The van der Waals surface area contributed by atoms with Gasteiger partial charge in [0.1, 0.15) is 5.75 Å². The maximum absolute atomic E-state index is 5.32. The molecular weight excluding hydrogens is 316 g/mol. The largest absolute Gasteiger partial charge is 0.496 e. The first-order valence-electron chi connectivity index (χ1n) is 7.41. The van der Waals surface area contributed by atoms with Gasteiger partial charge in [0, 0.05) is 6.04 Å². The van der Waals surface area contributed by atoms with Crippen LogP contribution in [0, 0.1) is 5.92 Å². The molecule has 1 aliphatic heterocycles. The molecule has 0 aliphatic carbocycles. The van der Waals surface area contributed by atoms with Gasteiger partial charge in [0.2, 0.25) is 0 Å². The molecule has 2 rings (SSSR count). The number of nitrogens with one attached hydrogen (secondary N) is 1. The van der Waals surface area contributed by atoms with Crippen molar-refractivity contribution in [1.29, 1.82) is 0 Å². The summed E-state index contributed by atoms with van der Waals surface area (Å²) in [5.41, 5.74) is 1.38. The number of methoxy groups -OCH3 is 1. The third kappa shape index (κ3) is 3.54. The number of rotatable bonds is 6. The molecule has 0 aromatic heterocycles. The normalized spacial score (nSPS) is 23.2. The van der Waals surface area contributed by atoms with E-state index >= 15 is 0 Å². The van der Waals surface area contributed by atoms with E-state index in [4.69, 9.17) is 4.74 Å². The zero-order valence-corrected chi connectivity index (χ0v) is 14.2. The van der Waals surface area contributed by atoms with Gasteiger partial charge in [0.15, 0.2) is 0 Å². The highest BCUT2D eigenvalue weighted by Gasteiger charge is 2.32. The average Bonchev–Trinajstić information content (AvgIpc) is 2.80. The second kappa shape index (κ2) is 7.43. The summed E-state index contributed by atoms with van der Waals surface area (Å²) in [7, 11) is 3.93. The lowest BCUT2D eigenvalue weighted by Gasteiger charge is -2.26. The lowest BCUT2D eigenvalue weighted by Crippen LogP contribution is -2.29. The molecule has 20 heavy (non-hydrogen) atoms. The molecule has 1 fully saturated rings. The molecule has 0 amide bonds. The minimum absolute atomic E-state index is 0.501. The van der Waals surface area contributed by atoms with Gasteiger partial charge in [0.05, 0.1) is 11.6 Å². The number of nitrogens with zero attached hydrogens (tertiary/aromatic N) is 1. The molecule has 112 valence electrons. The smallest absolute Gasteiger partial charge is 0.133 e. The van der Waals surface area contributed by atoms with Crippen molar-refractivity contribution < 1.29 is 4.74 Å². The van der Waals surface area contributed by atoms with Gasteiger partial charge in [-0.15, -0.1) is 0 Å². The van der Waals surface area contributed by atoms with Crippen molar-refractivity contribution in [3.63, 3.8) is 0 Å². The highest BCUT2D eigenvalue weighted by molar-refractivity contribution is 9.10. The highest BCUT2D eigenvalue weighted by Crippen LogP contribution is 2.38. The number of likely N-dealkylation sites (tertiary alicyclic amines) is 1. The van der Waals surface area contributed by atoms with Crippen LogP contribution in [0.4, 0.5) is 0 Å². The third-order valence-corrected chi connectivity index (χ3v) is 4.74. The van der Waals surface area contributed by atoms with E-state index in [1.807, 2.05) is 0 Å². The summed E-state index contributed by atoms with van der Waals surface area (Å²) in [6, 6.07) is 6.96. The number of ether oxygens (including phenoxy) is 1. The summed E-state index contributed by atoms with van der Waals surface area (Å²) < 4.78 is 6.36. The van der Waals surface area contributed by atoms with Gasteiger partial charge >= 0.3 is 0 Å². The third-order valence-electron chi connectivity index (χ3n) is 4.12. The molecule has 1 aromatic carbocycles. The van der Waals surface area contributed by atoms with Gasteiger partial charge in [-0.1, -0.05) is 13.0 Å². The molecule has 3 nitrogen and oxygen atoms in total. The van der Waals surface area contributed by atoms with Crippen molar-refractivity contribution in [2.45, 2.75) is 25.8 Å². The van der Waals surface area contributed by atoms with E-state index in [9.17, 15) is 0 Å². The van der Waals surface area contributed by atoms with E-state index in [1.165, 1.54) is 24.9 Å². The Hall–Kier alpha value is -0.580. The zero-order chi connectivity index (χ0) is 14.5. The van der Waals surface area contributed by atoms with E-state index < -0.39 is 0 Å². The van der Waals surface area contributed by atoms with Crippen LogP contribution in [0.2, 0.25) is 0 Å². The van der Waals surface area contributed by atoms with E-state index in [0.717, 1.165) is 23.3 Å². The standard InChI is InChI=1S/C16H25BrN2O/c1-4-8-18-11-13-7-9-19(2)16(13)12-5-6-15(20-3)14(17)10-12/h5-6,10,13,16,18H,4,7-9,11H2,1-3H3. The van der Waals surface area contributed by atoms with Crippen molar-refractivity contribution in [3.05, 3.63) is 28.2 Å². The Morgan fingerprint density at radius 3 is 2.90 bits per heavy atom. The van der Waals surface area contributed by atoms with Crippen LogP contribution in [0.5, 0.6) is 5.75 Å². The fourth-order valence-corrected chi connectivity index (χ4v) is 3.66. The van der Waals surface area contributed by atoms with E-state index in [-0.39, 0.29) is 0 Å². The van der Waals surface area contributed by atoms with Crippen LogP contribution in [0.25, 0.3) is 0 Å². The molecule has 2 atom stereocenters. The number of benzene rings is 1. The van der Waals surface area contributed by atoms with Crippen LogP contribution in [0.3, 0.4) is 0 Å². The summed E-state index contributed by atoms with van der Waals surface area (Å²) in [5, 5.41) is 3.57. The second-order valence-corrected chi connectivity index (χ2v) is 6.43. The van der Waals surface area contributed by atoms with Crippen LogP contribution in [0.15, 0.2) is 22.7 Å². The summed E-state index contributed by atoms with van der Waals surface area (Å²) >= 11 is 3.60. The maximum Gasteiger partial charge on any atom is 0.133 e. The van der Waals surface area contributed by atoms with Gasteiger partial charge in [-0.25, -0.2) is 0 Å². The monoisotopic (exact) mass is 340 g/mol. The molecule has 1 aliphatic rings. The second-order valence-electron chi connectivity index (χ2n) is 5.57. The Labute approximate surface area is 130 Å². The first kappa shape index (κ1) is 15.8. The number of hydrogen-bond donors (Lipinski definition) is 1. The maximum atomic E-state index is 5.32. The minimum atomic E-state index is 0.501. The molecule has 1 heterocycles. The molecule has 0 spiro atoms. The lowest BCUT2D eigenvalue weighted by atomic mass is 9.93. The topological polar surface area (TPSA) is 24.5 Å². The first-order chi connectivity index (χ1) is 9.67. The van der Waals surface area contributed by atoms with E-state index in [2.05, 4.69) is 58.3 Å². The van der Waals surface area contributed by atoms with Crippen LogP contribution in [-0.4, -0.2) is 38.7 Å². The Bertz CT molecular complexity index is 438. The summed E-state index contributed by atoms with van der Waals surface area (Å²) in [5.74, 6) is 1.59. The summed E-state index contributed by atoms with van der Waals surface area (Å²) in [6.45, 7) is 5.60. The highest BCUT2D eigenvalue weighted by atomic mass is 79.9. The number of hydrogen-bond acceptors (Lipinski definition) is 3. The summed E-state index contributed by atoms with van der Waals surface area (Å²) in [6.07, 6.45) is 2.46. The van der Waals surface area contributed by atoms with Crippen LogP contribution < -0.4 is 10.1 Å². The molecule has 1 N–H and O–H groups in total. The Kier molecular flexibility index (Phi) is 5.87. The molecule has 1 aromatic rings. The van der Waals surface area contributed by atoms with Crippen molar-refractivity contribution in [2.75, 3.05) is 33.8 Å². The predicted molar refractivity (Wildman–Crippen MR) is 87.3 cm³/mol. The van der Waals surface area contributed by atoms with Gasteiger partial charge in [-0.05, 0) is 79.1 Å². The summed E-state index contributed by atoms with van der Waals surface area (Å²) in [4.78, 5) is 2.46. The minimum Gasteiger partial charge on any atom is -0.496 e. The van der Waals surface area contributed by atoms with Crippen LogP contribution in [0.1, 0.15) is 31.4 Å². The van der Waals surface area contributed by atoms with Crippen molar-refractivity contribution in [3.8, 4) is 5.75 Å². The Balaban J connectivity index is 2.12. The molecule has 1 saturated heterocycles. The van der Waals surface area contributed by atoms with Crippen molar-refractivity contribution >= 4 is 15.9 Å². The predicted octanol–water partition coefficient (Wildman–Crippen LogP) is 3.45. The van der Waals surface area contributed by atoms with Crippen LogP contribution in [-0.2, 0) is 0 Å². The Morgan fingerprint density at radius 2 is 2.25 bits per heavy atom. The Morgan fingerprint density at radius 1 is 1.45 bits per heavy atom. The van der Waals surface area contributed by atoms with Gasteiger partial charge < -0.3 is 10.1 Å². The lowest BCUT2D eigenvalue weighted by molar-refractivity contribution is 0.272. The van der Waals surface area contributed by atoms with E-state index in [1.54, 1.807) is 7.11 Å². The zero-order valence-electron chi connectivity index (χ0n) is 12.7. The fourth-order valence-electron chi connectivity index (χ4n) is 3.10. The van der Waals surface area contributed by atoms with Crippen LogP contribution >= 0.6 is 15.9 Å². The van der Waals surface area contributed by atoms with Crippen molar-refractivity contribution in [1.82, 2.24) is 10.2 Å². The van der Waals surface area contributed by atoms with E-state index in [0.29, 0.717) is 12.0 Å². The fraction of sp³-hybridized carbons (Fsp3) is 0.625. The van der Waals surface area contributed by atoms with Gasteiger partial charge in [0.25, 0.3) is 0 Å². The number of halogens is 1. The first-order valence-corrected chi connectivity index (χ1v) is 8.21. The molecule has 0 radical (unpaired) electrons.